The maximum atomic E-state index is 14.5. The highest BCUT2D eigenvalue weighted by molar-refractivity contribution is 6.06. The van der Waals surface area contributed by atoms with Gasteiger partial charge >= 0.3 is 0 Å². The van der Waals surface area contributed by atoms with Crippen molar-refractivity contribution in [1.82, 2.24) is 4.90 Å². The van der Waals surface area contributed by atoms with Gasteiger partial charge in [0.15, 0.2) is 0 Å². The first-order valence-electron chi connectivity index (χ1n) is 9.63. The summed E-state index contributed by atoms with van der Waals surface area (Å²) in [5.41, 5.74) is 1.51. The average molecular weight is 400 g/mol. The highest BCUT2D eigenvalue weighted by Gasteiger charge is 2.48. The van der Waals surface area contributed by atoms with Gasteiger partial charge in [-0.15, -0.1) is 0 Å². The number of benzene rings is 2. The molecule has 1 saturated carbocycles. The van der Waals surface area contributed by atoms with Crippen molar-refractivity contribution in [2.45, 2.75) is 38.5 Å². The average Bonchev–Trinajstić information content (AvgIpc) is 2.65. The van der Waals surface area contributed by atoms with Crippen LogP contribution >= 0.6 is 0 Å². The number of halogens is 2. The first-order valence-corrected chi connectivity index (χ1v) is 9.63. The van der Waals surface area contributed by atoms with Crippen molar-refractivity contribution in [1.29, 1.82) is 0 Å². The zero-order valence-electron chi connectivity index (χ0n) is 16.0. The van der Waals surface area contributed by atoms with Crippen molar-refractivity contribution in [2.75, 3.05) is 11.4 Å². The van der Waals surface area contributed by atoms with Crippen LogP contribution in [-0.4, -0.2) is 40.5 Å². The maximum absolute atomic E-state index is 14.5. The molecule has 7 heteroatoms. The Bertz CT molecular complexity index is 942. The molecular formula is C22H22F2N2O3. The summed E-state index contributed by atoms with van der Waals surface area (Å²) in [6.45, 7) is 1.65. The third kappa shape index (κ3) is 3.74. The lowest BCUT2D eigenvalue weighted by molar-refractivity contribution is -0.149. The van der Waals surface area contributed by atoms with Gasteiger partial charge in [0.1, 0.15) is 24.2 Å². The van der Waals surface area contributed by atoms with Crippen LogP contribution < -0.4 is 4.90 Å². The molecule has 2 amide bonds. The zero-order chi connectivity index (χ0) is 20.7. The number of nitrogens with zero attached hydrogens (tertiary/aromatic N) is 2. The summed E-state index contributed by atoms with van der Waals surface area (Å²) in [5, 5.41) is 9.74. The topological polar surface area (TPSA) is 60.9 Å². The minimum atomic E-state index is -0.787. The molecule has 1 N–H and O–H groups in total. The number of amides is 2. The second kappa shape index (κ2) is 7.55. The SMILES string of the molecule is Cc1ccc(N2CC(=O)N(Cc3ccc(F)cc3)[C@H](C3CC(O)C3)C2=O)c(F)c1. The van der Waals surface area contributed by atoms with Crippen LogP contribution in [0.5, 0.6) is 0 Å². The normalized spacial score (nSPS) is 24.6. The van der Waals surface area contributed by atoms with Crippen LogP contribution in [0.4, 0.5) is 14.5 Å². The van der Waals surface area contributed by atoms with E-state index in [4.69, 9.17) is 0 Å². The third-order valence-corrected chi connectivity index (χ3v) is 5.72. The van der Waals surface area contributed by atoms with Crippen LogP contribution in [0, 0.1) is 24.5 Å². The van der Waals surface area contributed by atoms with Gasteiger partial charge in [-0.05, 0) is 61.1 Å². The molecule has 5 nitrogen and oxygen atoms in total. The van der Waals surface area contributed by atoms with E-state index in [1.807, 2.05) is 0 Å². The molecule has 2 aromatic carbocycles. The van der Waals surface area contributed by atoms with Gasteiger partial charge in [-0.3, -0.25) is 14.5 Å². The number of hydrogen-bond acceptors (Lipinski definition) is 3. The highest BCUT2D eigenvalue weighted by Crippen LogP contribution is 2.37. The molecule has 1 heterocycles. The second-order valence-electron chi connectivity index (χ2n) is 7.86. The summed E-state index contributed by atoms with van der Waals surface area (Å²) in [5.74, 6) is -1.79. The lowest BCUT2D eigenvalue weighted by Crippen LogP contribution is -2.64. The second-order valence-corrected chi connectivity index (χ2v) is 7.86. The number of aliphatic hydroxyl groups is 1. The van der Waals surface area contributed by atoms with Crippen molar-refractivity contribution in [3.05, 3.63) is 65.2 Å². The van der Waals surface area contributed by atoms with Gasteiger partial charge in [0, 0.05) is 6.54 Å². The Hall–Kier alpha value is -2.80. The Balaban J connectivity index is 1.65. The summed E-state index contributed by atoms with van der Waals surface area (Å²) in [4.78, 5) is 29.0. The predicted octanol–water partition coefficient (Wildman–Crippen LogP) is 2.79. The molecule has 0 unspecified atom stereocenters. The quantitative estimate of drug-likeness (QED) is 0.859. The molecule has 4 rings (SSSR count). The van der Waals surface area contributed by atoms with E-state index in [1.165, 1.54) is 34.1 Å². The maximum Gasteiger partial charge on any atom is 0.250 e. The van der Waals surface area contributed by atoms with Gasteiger partial charge in [0.2, 0.25) is 5.91 Å². The number of carbonyl (C=O) groups excluding carboxylic acids is 2. The molecule has 2 fully saturated rings. The summed E-state index contributed by atoms with van der Waals surface area (Å²) in [6.07, 6.45) is 0.323. The van der Waals surface area contributed by atoms with Crippen LogP contribution in [0.25, 0.3) is 0 Å². The van der Waals surface area contributed by atoms with Crippen LogP contribution in [0.2, 0.25) is 0 Å². The fourth-order valence-corrected chi connectivity index (χ4v) is 4.10. The summed E-state index contributed by atoms with van der Waals surface area (Å²) < 4.78 is 27.7. The molecule has 2 aliphatic rings. The first kappa shape index (κ1) is 19.5. The van der Waals surface area contributed by atoms with E-state index in [1.54, 1.807) is 25.1 Å². The molecule has 0 spiro atoms. The van der Waals surface area contributed by atoms with Gasteiger partial charge in [-0.2, -0.15) is 0 Å². The van der Waals surface area contributed by atoms with E-state index in [0.29, 0.717) is 18.4 Å². The molecule has 29 heavy (non-hydrogen) atoms. The lowest BCUT2D eigenvalue weighted by atomic mass is 9.75. The van der Waals surface area contributed by atoms with Crippen molar-refractivity contribution in [3.63, 3.8) is 0 Å². The van der Waals surface area contributed by atoms with E-state index in [0.717, 1.165) is 5.56 Å². The van der Waals surface area contributed by atoms with Gasteiger partial charge in [-0.1, -0.05) is 18.2 Å². The molecule has 0 aromatic heterocycles. The number of rotatable bonds is 4. The molecule has 2 aromatic rings. The number of aliphatic hydroxyl groups excluding tert-OH is 1. The Kier molecular flexibility index (Phi) is 5.08. The molecule has 1 saturated heterocycles. The van der Waals surface area contributed by atoms with E-state index in [2.05, 4.69) is 0 Å². The van der Waals surface area contributed by atoms with Crippen LogP contribution in [0.3, 0.4) is 0 Å². The van der Waals surface area contributed by atoms with Crippen molar-refractivity contribution in [2.24, 2.45) is 5.92 Å². The fourth-order valence-electron chi connectivity index (χ4n) is 4.10. The number of anilines is 1. The summed E-state index contributed by atoms with van der Waals surface area (Å²) >= 11 is 0. The van der Waals surface area contributed by atoms with Crippen LogP contribution in [-0.2, 0) is 16.1 Å². The molecule has 1 atom stereocenters. The molecule has 152 valence electrons. The molecule has 1 aliphatic carbocycles. The largest absolute Gasteiger partial charge is 0.393 e. The highest BCUT2D eigenvalue weighted by atomic mass is 19.1. The van der Waals surface area contributed by atoms with Crippen molar-refractivity contribution in [3.8, 4) is 0 Å². The van der Waals surface area contributed by atoms with Crippen LogP contribution in [0.15, 0.2) is 42.5 Å². The Morgan fingerprint density at radius 1 is 1.07 bits per heavy atom. The molecule has 0 radical (unpaired) electrons. The third-order valence-electron chi connectivity index (χ3n) is 5.72. The van der Waals surface area contributed by atoms with E-state index >= 15 is 0 Å². The Morgan fingerprint density at radius 3 is 2.38 bits per heavy atom. The molecule has 1 aliphatic heterocycles. The smallest absolute Gasteiger partial charge is 0.250 e. The van der Waals surface area contributed by atoms with Crippen molar-refractivity contribution < 1.29 is 23.5 Å². The number of carbonyl (C=O) groups is 2. The minimum Gasteiger partial charge on any atom is -0.393 e. The number of aryl methyl sites for hydroxylation is 1. The first-order chi connectivity index (χ1) is 13.8. The standard InChI is InChI=1S/C22H22F2N2O3/c1-13-2-7-19(18(24)8-13)25-12-20(28)26(11-14-3-5-16(23)6-4-14)21(22(25)29)15-9-17(27)10-15/h2-8,15,17,21,27H,9-12H2,1H3/t15?,17?,21-/m1/s1. The fraction of sp³-hybridized carbons (Fsp3) is 0.364. The minimum absolute atomic E-state index is 0.0836. The number of hydrogen-bond donors (Lipinski definition) is 1. The van der Waals surface area contributed by atoms with Gasteiger partial charge in [0.05, 0.1) is 11.8 Å². The van der Waals surface area contributed by atoms with E-state index in [-0.39, 0.29) is 42.3 Å². The van der Waals surface area contributed by atoms with Gasteiger partial charge in [-0.25, -0.2) is 8.78 Å². The summed E-state index contributed by atoms with van der Waals surface area (Å²) in [7, 11) is 0. The van der Waals surface area contributed by atoms with E-state index in [9.17, 15) is 23.5 Å². The predicted molar refractivity (Wildman–Crippen MR) is 103 cm³/mol. The van der Waals surface area contributed by atoms with Gasteiger partial charge in [0.25, 0.3) is 5.91 Å². The zero-order valence-corrected chi connectivity index (χ0v) is 16.0. The van der Waals surface area contributed by atoms with Crippen LogP contribution in [0.1, 0.15) is 24.0 Å². The van der Waals surface area contributed by atoms with Crippen molar-refractivity contribution >= 4 is 17.5 Å². The summed E-state index contributed by atoms with van der Waals surface area (Å²) in [6, 6.07) is 9.52. The van der Waals surface area contributed by atoms with Gasteiger partial charge < -0.3 is 10.0 Å². The Labute approximate surface area is 167 Å². The molecular weight excluding hydrogens is 378 g/mol. The monoisotopic (exact) mass is 400 g/mol. The number of piperazine rings is 1. The molecule has 0 bridgehead atoms. The van der Waals surface area contributed by atoms with E-state index < -0.39 is 18.0 Å². The lowest BCUT2D eigenvalue weighted by Gasteiger charge is -2.47. The Morgan fingerprint density at radius 2 is 1.76 bits per heavy atom.